The fourth-order valence-electron chi connectivity index (χ4n) is 2.96. The molecule has 1 fully saturated rings. The van der Waals surface area contributed by atoms with E-state index in [1.165, 1.54) is 6.26 Å². The highest BCUT2D eigenvalue weighted by Gasteiger charge is 2.31. The van der Waals surface area contributed by atoms with Crippen LogP contribution in [0.3, 0.4) is 0 Å². The van der Waals surface area contributed by atoms with Gasteiger partial charge in [-0.1, -0.05) is 6.42 Å². The molecule has 0 spiro atoms. The van der Waals surface area contributed by atoms with E-state index < -0.39 is 9.84 Å². The van der Waals surface area contributed by atoms with Crippen molar-refractivity contribution in [1.82, 2.24) is 4.98 Å². The number of fused-ring (bicyclic) bond motifs is 1. The predicted octanol–water partition coefficient (Wildman–Crippen LogP) is 2.07. The Morgan fingerprint density at radius 3 is 2.90 bits per heavy atom. The molecule has 1 aliphatic carbocycles. The Kier molecular flexibility index (Phi) is 3.30. The molecule has 6 heteroatoms. The van der Waals surface area contributed by atoms with Crippen LogP contribution in [0.25, 0.3) is 11.1 Å². The van der Waals surface area contributed by atoms with Gasteiger partial charge in [-0.2, -0.15) is 0 Å². The Morgan fingerprint density at radius 2 is 2.20 bits per heavy atom. The zero-order chi connectivity index (χ0) is 14.3. The van der Waals surface area contributed by atoms with E-state index in [-0.39, 0.29) is 10.8 Å². The number of nitrogens with two attached hydrogens (primary N) is 1. The maximum absolute atomic E-state index is 11.6. The summed E-state index contributed by atoms with van der Waals surface area (Å²) in [5.41, 5.74) is 7.02. The van der Waals surface area contributed by atoms with Gasteiger partial charge < -0.3 is 10.2 Å². The molecule has 0 aliphatic heterocycles. The molecule has 1 aromatic carbocycles. The average molecular weight is 294 g/mol. The molecular weight excluding hydrogens is 276 g/mol. The van der Waals surface area contributed by atoms with Crippen molar-refractivity contribution in [2.24, 2.45) is 11.7 Å². The third kappa shape index (κ3) is 2.33. The molecule has 1 aromatic heterocycles. The van der Waals surface area contributed by atoms with Gasteiger partial charge >= 0.3 is 0 Å². The van der Waals surface area contributed by atoms with Crippen molar-refractivity contribution in [1.29, 1.82) is 0 Å². The Morgan fingerprint density at radius 1 is 1.40 bits per heavy atom. The van der Waals surface area contributed by atoms with E-state index in [1.807, 2.05) is 0 Å². The van der Waals surface area contributed by atoms with Gasteiger partial charge in [-0.3, -0.25) is 0 Å². The largest absolute Gasteiger partial charge is 0.440 e. The summed E-state index contributed by atoms with van der Waals surface area (Å²) in [5.74, 6) is 1.37. The Bertz CT molecular complexity index is 736. The summed E-state index contributed by atoms with van der Waals surface area (Å²) < 4.78 is 28.9. The summed E-state index contributed by atoms with van der Waals surface area (Å²) in [7, 11) is -3.22. The SMILES string of the molecule is CS(=O)(=O)c1ccc2oc(C3CCCC3CN)nc2c1. The molecule has 0 amide bonds. The fraction of sp³-hybridized carbons (Fsp3) is 0.500. The zero-order valence-electron chi connectivity index (χ0n) is 11.4. The number of benzene rings is 1. The number of hydrogen-bond donors (Lipinski definition) is 1. The second-order valence-corrected chi connectivity index (χ2v) is 7.50. The summed E-state index contributed by atoms with van der Waals surface area (Å²) in [6, 6.07) is 4.81. The van der Waals surface area contributed by atoms with E-state index in [0.29, 0.717) is 29.5 Å². The predicted molar refractivity (Wildman–Crippen MR) is 76.3 cm³/mol. The van der Waals surface area contributed by atoms with Crippen LogP contribution in [-0.4, -0.2) is 26.2 Å². The van der Waals surface area contributed by atoms with Crippen molar-refractivity contribution in [2.45, 2.75) is 30.1 Å². The molecule has 2 aromatic rings. The fourth-order valence-corrected chi connectivity index (χ4v) is 3.60. The van der Waals surface area contributed by atoms with Gasteiger partial charge in [0.1, 0.15) is 5.52 Å². The molecule has 3 rings (SSSR count). The zero-order valence-corrected chi connectivity index (χ0v) is 12.2. The van der Waals surface area contributed by atoms with E-state index in [1.54, 1.807) is 18.2 Å². The summed E-state index contributed by atoms with van der Waals surface area (Å²) in [5, 5.41) is 0. The Balaban J connectivity index is 2.03. The molecule has 108 valence electrons. The highest BCUT2D eigenvalue weighted by molar-refractivity contribution is 7.90. The minimum Gasteiger partial charge on any atom is -0.440 e. The van der Waals surface area contributed by atoms with Gasteiger partial charge in [0.15, 0.2) is 21.3 Å². The normalized spacial score (nSPS) is 23.5. The molecule has 20 heavy (non-hydrogen) atoms. The monoisotopic (exact) mass is 294 g/mol. The first kappa shape index (κ1) is 13.6. The molecule has 0 radical (unpaired) electrons. The van der Waals surface area contributed by atoms with Crippen LogP contribution in [0, 0.1) is 5.92 Å². The van der Waals surface area contributed by atoms with Crippen molar-refractivity contribution in [3.63, 3.8) is 0 Å². The third-order valence-electron chi connectivity index (χ3n) is 4.08. The van der Waals surface area contributed by atoms with Crippen LogP contribution >= 0.6 is 0 Å². The lowest BCUT2D eigenvalue weighted by Gasteiger charge is -2.13. The molecule has 0 saturated heterocycles. The first-order valence-electron chi connectivity index (χ1n) is 6.79. The topological polar surface area (TPSA) is 86.2 Å². The smallest absolute Gasteiger partial charge is 0.198 e. The average Bonchev–Trinajstić information content (AvgIpc) is 3.02. The summed E-state index contributed by atoms with van der Waals surface area (Å²) in [6.45, 7) is 0.637. The molecule has 1 saturated carbocycles. The van der Waals surface area contributed by atoms with E-state index in [2.05, 4.69) is 4.98 Å². The second kappa shape index (κ2) is 4.86. The van der Waals surface area contributed by atoms with Crippen LogP contribution in [0.2, 0.25) is 0 Å². The molecule has 2 atom stereocenters. The summed E-state index contributed by atoms with van der Waals surface area (Å²) in [4.78, 5) is 4.75. The molecule has 0 bridgehead atoms. The minimum absolute atomic E-state index is 0.258. The van der Waals surface area contributed by atoms with E-state index >= 15 is 0 Å². The van der Waals surface area contributed by atoms with Crippen LogP contribution in [0.4, 0.5) is 0 Å². The van der Waals surface area contributed by atoms with E-state index in [4.69, 9.17) is 10.2 Å². The molecule has 1 aliphatic rings. The first-order valence-corrected chi connectivity index (χ1v) is 8.69. The number of oxazole rings is 1. The van der Waals surface area contributed by atoms with Crippen molar-refractivity contribution in [3.05, 3.63) is 24.1 Å². The van der Waals surface area contributed by atoms with Crippen molar-refractivity contribution in [2.75, 3.05) is 12.8 Å². The standard InChI is InChI=1S/C14H18N2O3S/c1-20(17,18)10-5-6-13-12(7-10)16-14(19-13)11-4-2-3-9(11)8-15/h5-7,9,11H,2-4,8,15H2,1H3. The second-order valence-electron chi connectivity index (χ2n) is 5.49. The lowest BCUT2D eigenvalue weighted by Crippen LogP contribution is -2.17. The van der Waals surface area contributed by atoms with Crippen LogP contribution in [0.1, 0.15) is 31.1 Å². The Hall–Kier alpha value is -1.40. The summed E-state index contributed by atoms with van der Waals surface area (Å²) >= 11 is 0. The molecular formula is C14H18N2O3S. The molecule has 2 N–H and O–H groups in total. The molecule has 1 heterocycles. The highest BCUT2D eigenvalue weighted by Crippen LogP contribution is 2.39. The number of sulfone groups is 1. The maximum Gasteiger partial charge on any atom is 0.198 e. The van der Waals surface area contributed by atoms with Crippen LogP contribution in [0.15, 0.2) is 27.5 Å². The highest BCUT2D eigenvalue weighted by atomic mass is 32.2. The number of aromatic nitrogens is 1. The van der Waals surface area contributed by atoms with Crippen molar-refractivity contribution >= 4 is 20.9 Å². The Labute approximate surface area is 118 Å². The van der Waals surface area contributed by atoms with Gasteiger partial charge in [0.2, 0.25) is 0 Å². The molecule has 5 nitrogen and oxygen atoms in total. The van der Waals surface area contributed by atoms with Crippen LogP contribution in [-0.2, 0) is 9.84 Å². The van der Waals surface area contributed by atoms with E-state index in [9.17, 15) is 8.42 Å². The summed E-state index contributed by atoms with van der Waals surface area (Å²) in [6.07, 6.45) is 4.47. The van der Waals surface area contributed by atoms with Gasteiger partial charge in [0.05, 0.1) is 4.90 Å². The van der Waals surface area contributed by atoms with Gasteiger partial charge in [0.25, 0.3) is 0 Å². The van der Waals surface area contributed by atoms with Gasteiger partial charge in [0, 0.05) is 12.2 Å². The van der Waals surface area contributed by atoms with Gasteiger partial charge in [-0.05, 0) is 43.5 Å². The van der Waals surface area contributed by atoms with Crippen molar-refractivity contribution in [3.8, 4) is 0 Å². The third-order valence-corrected chi connectivity index (χ3v) is 5.19. The number of nitrogens with zero attached hydrogens (tertiary/aromatic N) is 1. The van der Waals surface area contributed by atoms with Crippen LogP contribution in [0.5, 0.6) is 0 Å². The van der Waals surface area contributed by atoms with E-state index in [0.717, 1.165) is 19.3 Å². The number of hydrogen-bond acceptors (Lipinski definition) is 5. The first-order chi connectivity index (χ1) is 9.49. The quantitative estimate of drug-likeness (QED) is 0.936. The number of rotatable bonds is 3. The van der Waals surface area contributed by atoms with Gasteiger partial charge in [-0.25, -0.2) is 13.4 Å². The molecule has 2 unspecified atom stereocenters. The lowest BCUT2D eigenvalue weighted by molar-refractivity contribution is 0.401. The van der Waals surface area contributed by atoms with Gasteiger partial charge in [-0.15, -0.1) is 0 Å². The minimum atomic E-state index is -3.22. The lowest BCUT2D eigenvalue weighted by atomic mass is 9.96. The maximum atomic E-state index is 11.6. The van der Waals surface area contributed by atoms with Crippen molar-refractivity contribution < 1.29 is 12.8 Å². The van der Waals surface area contributed by atoms with Crippen LogP contribution < -0.4 is 5.73 Å².